The van der Waals surface area contributed by atoms with Gasteiger partial charge in [0, 0.05) is 18.7 Å². The maximum absolute atomic E-state index is 3.40. The molecule has 2 heteroatoms. The number of hydrogen-bond donors (Lipinski definition) is 1. The molecule has 0 bridgehead atoms. The summed E-state index contributed by atoms with van der Waals surface area (Å²) in [6.45, 7) is 4.27. The highest BCUT2D eigenvalue weighted by Crippen LogP contribution is 1.90. The molecule has 1 heterocycles. The summed E-state index contributed by atoms with van der Waals surface area (Å²) < 4.78 is 2.14. The molecule has 0 aromatic carbocycles. The summed E-state index contributed by atoms with van der Waals surface area (Å²) >= 11 is 0. The van der Waals surface area contributed by atoms with E-state index in [1.807, 2.05) is 18.2 Å². The van der Waals surface area contributed by atoms with Crippen molar-refractivity contribution >= 4 is 0 Å². The predicted octanol–water partition coefficient (Wildman–Crippen LogP) is 1.71. The molecule has 1 aromatic rings. The minimum absolute atomic E-state index is 0.921. The number of pyridine rings is 1. The van der Waals surface area contributed by atoms with Crippen LogP contribution in [0.4, 0.5) is 0 Å². The smallest absolute Gasteiger partial charge is 0.202 e. The van der Waals surface area contributed by atoms with Gasteiger partial charge in [0.15, 0.2) is 12.4 Å². The predicted molar refractivity (Wildman–Crippen MR) is 54.2 cm³/mol. The first-order chi connectivity index (χ1) is 6.43. The quantitative estimate of drug-likeness (QED) is 0.519. The Balaban J connectivity index is 2.07. The molecule has 0 radical (unpaired) electrons. The number of unbranched alkanes of at least 4 members (excludes halogenated alkanes) is 2. The van der Waals surface area contributed by atoms with E-state index in [9.17, 15) is 0 Å². The summed E-state index contributed by atoms with van der Waals surface area (Å²) in [6.07, 6.45) is 8.05. The highest BCUT2D eigenvalue weighted by atomic mass is 15.1. The van der Waals surface area contributed by atoms with Crippen LogP contribution in [0.15, 0.2) is 30.6 Å². The Morgan fingerprint density at radius 1 is 1.08 bits per heavy atom. The van der Waals surface area contributed by atoms with Gasteiger partial charge in [-0.05, 0) is 6.42 Å². The van der Waals surface area contributed by atoms with E-state index in [1.54, 1.807) is 0 Å². The number of nitrogens with one attached hydrogen (secondary N) is 1. The highest BCUT2D eigenvalue weighted by molar-refractivity contribution is 4.83. The fraction of sp³-hybridized carbons (Fsp3) is 0.545. The molecule has 0 aliphatic heterocycles. The van der Waals surface area contributed by atoms with Crippen molar-refractivity contribution in [3.8, 4) is 0 Å². The summed E-state index contributed by atoms with van der Waals surface area (Å²) in [5, 5.41) is 3.40. The number of nitrogens with zero attached hydrogens (tertiary/aromatic N) is 1. The van der Waals surface area contributed by atoms with E-state index in [4.69, 9.17) is 0 Å². The maximum atomic E-state index is 3.40. The van der Waals surface area contributed by atoms with Gasteiger partial charge >= 0.3 is 0 Å². The van der Waals surface area contributed by atoms with Crippen LogP contribution in [0.5, 0.6) is 0 Å². The molecule has 0 unspecified atom stereocenters. The van der Waals surface area contributed by atoms with Gasteiger partial charge < -0.3 is 0 Å². The van der Waals surface area contributed by atoms with Crippen molar-refractivity contribution < 1.29 is 4.57 Å². The van der Waals surface area contributed by atoms with Crippen LogP contribution in [0.2, 0.25) is 0 Å². The van der Waals surface area contributed by atoms with Crippen molar-refractivity contribution in [1.29, 1.82) is 0 Å². The Kier molecular flexibility index (Phi) is 5.18. The molecule has 72 valence electrons. The summed E-state index contributed by atoms with van der Waals surface area (Å²) in [4.78, 5) is 0. The molecule has 0 spiro atoms. The van der Waals surface area contributed by atoms with Gasteiger partial charge in [-0.1, -0.05) is 25.8 Å². The summed E-state index contributed by atoms with van der Waals surface area (Å²) in [5.41, 5.74) is 0. The molecule has 2 nitrogen and oxygen atoms in total. The van der Waals surface area contributed by atoms with Crippen LogP contribution >= 0.6 is 0 Å². The lowest BCUT2D eigenvalue weighted by Gasteiger charge is -1.99. The summed E-state index contributed by atoms with van der Waals surface area (Å²) in [7, 11) is 0. The topological polar surface area (TPSA) is 15.9 Å². The molecule has 13 heavy (non-hydrogen) atoms. The molecule has 0 fully saturated rings. The van der Waals surface area contributed by atoms with Crippen LogP contribution in [0.1, 0.15) is 26.2 Å². The molecule has 1 aromatic heterocycles. The molecule has 0 amide bonds. The van der Waals surface area contributed by atoms with Gasteiger partial charge in [-0.25, -0.2) is 0 Å². The zero-order valence-electron chi connectivity index (χ0n) is 8.37. The van der Waals surface area contributed by atoms with Gasteiger partial charge in [-0.3, -0.25) is 5.32 Å². The molecule has 0 saturated carbocycles. The van der Waals surface area contributed by atoms with Crippen molar-refractivity contribution in [2.45, 2.75) is 32.9 Å². The van der Waals surface area contributed by atoms with Crippen molar-refractivity contribution in [3.05, 3.63) is 30.6 Å². The van der Waals surface area contributed by atoms with Gasteiger partial charge in [-0.2, -0.15) is 4.57 Å². The Labute approximate surface area is 80.6 Å². The van der Waals surface area contributed by atoms with E-state index in [2.05, 4.69) is 29.2 Å². The third-order valence-corrected chi connectivity index (χ3v) is 2.03. The standard InChI is InChI=1S/C11H19N2/c1-2-3-5-8-12-11-13-9-6-4-7-10-13/h4,6-7,9-10,12H,2-3,5,8,11H2,1H3/q+1. The first-order valence-electron chi connectivity index (χ1n) is 5.08. The van der Waals surface area contributed by atoms with E-state index in [-0.39, 0.29) is 0 Å². The first-order valence-corrected chi connectivity index (χ1v) is 5.08. The first kappa shape index (κ1) is 10.2. The maximum Gasteiger partial charge on any atom is 0.202 e. The highest BCUT2D eigenvalue weighted by Gasteiger charge is 1.94. The molecular formula is C11H19N2+. The van der Waals surface area contributed by atoms with Crippen molar-refractivity contribution in [2.24, 2.45) is 0 Å². The van der Waals surface area contributed by atoms with Crippen LogP contribution in [0, 0.1) is 0 Å². The lowest BCUT2D eigenvalue weighted by molar-refractivity contribution is -0.701. The van der Waals surface area contributed by atoms with E-state index < -0.39 is 0 Å². The minimum Gasteiger partial charge on any atom is -0.262 e. The number of hydrogen-bond acceptors (Lipinski definition) is 1. The third-order valence-electron chi connectivity index (χ3n) is 2.03. The van der Waals surface area contributed by atoms with Crippen LogP contribution < -0.4 is 9.88 Å². The Hall–Kier alpha value is -0.890. The van der Waals surface area contributed by atoms with Crippen molar-refractivity contribution in [1.82, 2.24) is 5.32 Å². The number of rotatable bonds is 6. The summed E-state index contributed by atoms with van der Waals surface area (Å²) in [5.74, 6) is 0. The largest absolute Gasteiger partial charge is 0.262 e. The zero-order chi connectivity index (χ0) is 9.36. The molecule has 0 aliphatic carbocycles. The fourth-order valence-corrected chi connectivity index (χ4v) is 1.25. The molecule has 0 atom stereocenters. The molecule has 0 saturated heterocycles. The monoisotopic (exact) mass is 179 g/mol. The van der Waals surface area contributed by atoms with E-state index in [0.717, 1.165) is 13.2 Å². The lowest BCUT2D eigenvalue weighted by atomic mass is 10.2. The summed E-state index contributed by atoms with van der Waals surface area (Å²) in [6, 6.07) is 6.13. The molecule has 1 N–H and O–H groups in total. The molecular weight excluding hydrogens is 160 g/mol. The van der Waals surface area contributed by atoms with Crippen molar-refractivity contribution in [2.75, 3.05) is 6.54 Å². The van der Waals surface area contributed by atoms with Crippen LogP contribution in [-0.4, -0.2) is 6.54 Å². The average Bonchev–Trinajstić information content (AvgIpc) is 2.19. The average molecular weight is 179 g/mol. The molecule has 1 rings (SSSR count). The normalized spacial score (nSPS) is 10.2. The SMILES string of the molecule is CCCCCNC[n+]1ccccc1. The van der Waals surface area contributed by atoms with Crippen molar-refractivity contribution in [3.63, 3.8) is 0 Å². The fourth-order valence-electron chi connectivity index (χ4n) is 1.25. The van der Waals surface area contributed by atoms with E-state index in [1.165, 1.54) is 19.3 Å². The third kappa shape index (κ3) is 4.63. The second-order valence-corrected chi connectivity index (χ2v) is 3.25. The lowest BCUT2D eigenvalue weighted by Crippen LogP contribution is -2.40. The van der Waals surface area contributed by atoms with Gasteiger partial charge in [0.25, 0.3) is 0 Å². The Morgan fingerprint density at radius 3 is 2.54 bits per heavy atom. The molecule has 0 aliphatic rings. The van der Waals surface area contributed by atoms with E-state index in [0.29, 0.717) is 0 Å². The zero-order valence-corrected chi connectivity index (χ0v) is 8.37. The second kappa shape index (κ2) is 6.61. The Morgan fingerprint density at radius 2 is 1.85 bits per heavy atom. The van der Waals surface area contributed by atoms with E-state index >= 15 is 0 Å². The van der Waals surface area contributed by atoms with Crippen LogP contribution in [-0.2, 0) is 6.67 Å². The van der Waals surface area contributed by atoms with Gasteiger partial charge in [-0.15, -0.1) is 0 Å². The second-order valence-electron chi connectivity index (χ2n) is 3.25. The minimum atomic E-state index is 0.921. The Bertz CT molecular complexity index is 209. The van der Waals surface area contributed by atoms with Gasteiger partial charge in [0.05, 0.1) is 0 Å². The number of aromatic nitrogens is 1. The van der Waals surface area contributed by atoms with Gasteiger partial charge in [0.1, 0.15) is 0 Å². The van der Waals surface area contributed by atoms with Crippen LogP contribution in [0.25, 0.3) is 0 Å². The van der Waals surface area contributed by atoms with Gasteiger partial charge in [0.2, 0.25) is 6.67 Å². The van der Waals surface area contributed by atoms with Crippen LogP contribution in [0.3, 0.4) is 0 Å².